The van der Waals surface area contributed by atoms with E-state index < -0.39 is 10.0 Å². The summed E-state index contributed by atoms with van der Waals surface area (Å²) in [5.41, 5.74) is 5.61. The van der Waals surface area contributed by atoms with Crippen LogP contribution < -0.4 is 5.73 Å². The van der Waals surface area contributed by atoms with Crippen LogP contribution in [0.3, 0.4) is 0 Å². The van der Waals surface area contributed by atoms with Gasteiger partial charge in [-0.2, -0.15) is 0 Å². The van der Waals surface area contributed by atoms with Crippen LogP contribution in [0, 0.1) is 0 Å². The molecule has 0 saturated carbocycles. The first-order chi connectivity index (χ1) is 6.06. The van der Waals surface area contributed by atoms with Gasteiger partial charge in [-0.1, -0.05) is 0 Å². The fraction of sp³-hybridized carbons (Fsp3) is 1.00. The Bertz CT molecular complexity index is 252. The minimum Gasteiger partial charge on any atom is -0.384 e. The highest BCUT2D eigenvalue weighted by molar-refractivity contribution is 7.89. The minimum absolute atomic E-state index is 0.00248. The van der Waals surface area contributed by atoms with Crippen LogP contribution in [-0.4, -0.2) is 51.3 Å². The van der Waals surface area contributed by atoms with E-state index in [1.165, 1.54) is 11.4 Å². The quantitative estimate of drug-likeness (QED) is 0.643. The number of hydrogen-bond donors (Lipinski definition) is 1. The third-order valence-electron chi connectivity index (χ3n) is 2.13. The summed E-state index contributed by atoms with van der Waals surface area (Å²) < 4.78 is 29.2. The monoisotopic (exact) mass is 208 g/mol. The number of methoxy groups -OCH3 is 1. The normalized spacial score (nSPS) is 25.2. The molecule has 1 fully saturated rings. The van der Waals surface area contributed by atoms with E-state index in [0.29, 0.717) is 13.1 Å². The van der Waals surface area contributed by atoms with Gasteiger partial charge in [-0.3, -0.25) is 0 Å². The molecule has 5 nitrogen and oxygen atoms in total. The highest BCUT2D eigenvalue weighted by Gasteiger charge is 2.28. The molecule has 1 heterocycles. The molecule has 1 atom stereocenters. The second-order valence-electron chi connectivity index (χ2n) is 3.22. The van der Waals surface area contributed by atoms with Crippen molar-refractivity contribution < 1.29 is 13.2 Å². The second kappa shape index (κ2) is 4.36. The Labute approximate surface area is 78.9 Å². The first kappa shape index (κ1) is 10.9. The van der Waals surface area contributed by atoms with Gasteiger partial charge in [-0.25, -0.2) is 12.7 Å². The molecule has 1 aliphatic rings. The van der Waals surface area contributed by atoms with Gasteiger partial charge in [0.1, 0.15) is 0 Å². The van der Waals surface area contributed by atoms with Gasteiger partial charge in [-0.15, -0.1) is 0 Å². The number of sulfonamides is 1. The fourth-order valence-corrected chi connectivity index (χ4v) is 2.76. The van der Waals surface area contributed by atoms with Crippen LogP contribution >= 0.6 is 0 Å². The Balaban J connectivity index is 2.50. The summed E-state index contributed by atoms with van der Waals surface area (Å²) in [5, 5.41) is 0. The van der Waals surface area contributed by atoms with Crippen LogP contribution in [-0.2, 0) is 14.8 Å². The Morgan fingerprint density at radius 3 is 2.77 bits per heavy atom. The van der Waals surface area contributed by atoms with Crippen LogP contribution in [0.25, 0.3) is 0 Å². The van der Waals surface area contributed by atoms with E-state index in [0.717, 1.165) is 6.42 Å². The van der Waals surface area contributed by atoms with E-state index in [-0.39, 0.29) is 18.4 Å². The van der Waals surface area contributed by atoms with Gasteiger partial charge in [0, 0.05) is 26.2 Å². The number of ether oxygens (including phenoxy) is 1. The van der Waals surface area contributed by atoms with Gasteiger partial charge in [0.15, 0.2) is 0 Å². The molecule has 0 aromatic carbocycles. The maximum atomic E-state index is 11.5. The smallest absolute Gasteiger partial charge is 0.216 e. The molecule has 0 aromatic heterocycles. The predicted octanol–water partition coefficient (Wildman–Crippen LogP) is -1.00. The molecule has 1 rings (SSSR count). The molecule has 0 amide bonds. The standard InChI is InChI=1S/C7H16N2O3S/c1-12-4-5-13(10,11)9-3-2-7(8)6-9/h7H,2-6,8H2,1H3/t7-/m0/s1. The van der Waals surface area contributed by atoms with E-state index in [1.54, 1.807) is 0 Å². The molecule has 6 heteroatoms. The highest BCUT2D eigenvalue weighted by atomic mass is 32.2. The maximum absolute atomic E-state index is 11.5. The number of rotatable bonds is 4. The maximum Gasteiger partial charge on any atom is 0.216 e. The Hall–Kier alpha value is -0.170. The van der Waals surface area contributed by atoms with Crippen molar-refractivity contribution in [2.24, 2.45) is 5.73 Å². The minimum atomic E-state index is -3.13. The number of nitrogens with zero attached hydrogens (tertiary/aromatic N) is 1. The van der Waals surface area contributed by atoms with E-state index >= 15 is 0 Å². The largest absolute Gasteiger partial charge is 0.384 e. The average molecular weight is 208 g/mol. The van der Waals surface area contributed by atoms with Gasteiger partial charge in [0.05, 0.1) is 12.4 Å². The molecule has 0 bridgehead atoms. The lowest BCUT2D eigenvalue weighted by atomic mass is 10.3. The fourth-order valence-electron chi connectivity index (χ4n) is 1.32. The van der Waals surface area contributed by atoms with Crippen molar-refractivity contribution in [1.29, 1.82) is 0 Å². The summed E-state index contributed by atoms with van der Waals surface area (Å²) in [6.45, 7) is 1.24. The molecule has 0 aliphatic carbocycles. The third-order valence-corrected chi connectivity index (χ3v) is 3.93. The first-order valence-electron chi connectivity index (χ1n) is 4.28. The molecule has 0 radical (unpaired) electrons. The third kappa shape index (κ3) is 2.91. The lowest BCUT2D eigenvalue weighted by Crippen LogP contribution is -2.34. The first-order valence-corrected chi connectivity index (χ1v) is 5.89. The van der Waals surface area contributed by atoms with Crippen molar-refractivity contribution in [3.05, 3.63) is 0 Å². The Morgan fingerprint density at radius 2 is 2.31 bits per heavy atom. The Kier molecular flexibility index (Phi) is 3.66. The molecular weight excluding hydrogens is 192 g/mol. The number of nitrogens with two attached hydrogens (primary N) is 1. The zero-order chi connectivity index (χ0) is 9.90. The van der Waals surface area contributed by atoms with Gasteiger partial charge in [0.2, 0.25) is 10.0 Å². The zero-order valence-corrected chi connectivity index (χ0v) is 8.59. The molecular formula is C7H16N2O3S. The second-order valence-corrected chi connectivity index (χ2v) is 5.30. The Morgan fingerprint density at radius 1 is 1.62 bits per heavy atom. The molecule has 1 saturated heterocycles. The highest BCUT2D eigenvalue weighted by Crippen LogP contribution is 2.12. The molecule has 0 unspecified atom stereocenters. The van der Waals surface area contributed by atoms with Crippen LogP contribution in [0.2, 0.25) is 0 Å². The summed E-state index contributed by atoms with van der Waals surface area (Å²) >= 11 is 0. The van der Waals surface area contributed by atoms with Crippen molar-refractivity contribution in [2.45, 2.75) is 12.5 Å². The van der Waals surface area contributed by atoms with Crippen LogP contribution in [0.4, 0.5) is 0 Å². The zero-order valence-electron chi connectivity index (χ0n) is 7.77. The van der Waals surface area contributed by atoms with Crippen LogP contribution in [0.1, 0.15) is 6.42 Å². The van der Waals surface area contributed by atoms with Crippen molar-refractivity contribution in [3.63, 3.8) is 0 Å². The SMILES string of the molecule is COCCS(=O)(=O)N1CC[C@H](N)C1. The summed E-state index contributed by atoms with van der Waals surface area (Å²) in [6, 6.07) is -0.00248. The van der Waals surface area contributed by atoms with Gasteiger partial charge < -0.3 is 10.5 Å². The lowest BCUT2D eigenvalue weighted by molar-refractivity contribution is 0.215. The average Bonchev–Trinajstić information content (AvgIpc) is 2.49. The van der Waals surface area contributed by atoms with Gasteiger partial charge in [0.25, 0.3) is 0 Å². The van der Waals surface area contributed by atoms with E-state index in [2.05, 4.69) is 0 Å². The van der Waals surface area contributed by atoms with E-state index in [1.807, 2.05) is 0 Å². The number of hydrogen-bond acceptors (Lipinski definition) is 4. The molecule has 0 aromatic rings. The topological polar surface area (TPSA) is 72.6 Å². The van der Waals surface area contributed by atoms with Crippen molar-refractivity contribution in [3.8, 4) is 0 Å². The summed E-state index contributed by atoms with van der Waals surface area (Å²) in [7, 11) is -1.64. The van der Waals surface area contributed by atoms with Gasteiger partial charge in [-0.05, 0) is 6.42 Å². The van der Waals surface area contributed by atoms with E-state index in [9.17, 15) is 8.42 Å². The van der Waals surface area contributed by atoms with Crippen molar-refractivity contribution in [1.82, 2.24) is 4.31 Å². The van der Waals surface area contributed by atoms with Crippen LogP contribution in [0.15, 0.2) is 0 Å². The lowest BCUT2D eigenvalue weighted by Gasteiger charge is -2.15. The summed E-state index contributed by atoms with van der Waals surface area (Å²) in [6.07, 6.45) is 0.756. The van der Waals surface area contributed by atoms with E-state index in [4.69, 9.17) is 10.5 Å². The molecule has 13 heavy (non-hydrogen) atoms. The molecule has 2 N–H and O–H groups in total. The van der Waals surface area contributed by atoms with Crippen molar-refractivity contribution >= 4 is 10.0 Å². The molecule has 0 spiro atoms. The molecule has 78 valence electrons. The molecule has 1 aliphatic heterocycles. The predicted molar refractivity (Wildman–Crippen MR) is 49.8 cm³/mol. The summed E-state index contributed by atoms with van der Waals surface area (Å²) in [5.74, 6) is 0.0518. The van der Waals surface area contributed by atoms with Gasteiger partial charge >= 0.3 is 0 Å². The van der Waals surface area contributed by atoms with Crippen molar-refractivity contribution in [2.75, 3.05) is 32.6 Å². The summed E-state index contributed by atoms with van der Waals surface area (Å²) in [4.78, 5) is 0. The van der Waals surface area contributed by atoms with Crippen LogP contribution in [0.5, 0.6) is 0 Å².